The number of carbonyl (C=O) groups is 2. The lowest BCUT2D eigenvalue weighted by Gasteiger charge is -2.12. The second-order valence-corrected chi connectivity index (χ2v) is 8.04. The van der Waals surface area contributed by atoms with Crippen molar-refractivity contribution in [3.8, 4) is 11.5 Å². The van der Waals surface area contributed by atoms with Crippen molar-refractivity contribution in [3.05, 3.63) is 94.0 Å². The maximum absolute atomic E-state index is 12.7. The average molecular weight is 497 g/mol. The van der Waals surface area contributed by atoms with Crippen molar-refractivity contribution in [2.45, 2.75) is 26.2 Å². The lowest BCUT2D eigenvalue weighted by atomic mass is 10.2. The summed E-state index contributed by atoms with van der Waals surface area (Å²) in [6, 6.07) is 21.3. The van der Waals surface area contributed by atoms with Crippen LogP contribution < -0.4 is 9.47 Å². The lowest BCUT2D eigenvalue weighted by Crippen LogP contribution is -2.12. The van der Waals surface area contributed by atoms with Gasteiger partial charge in [-0.3, -0.25) is 0 Å². The number of hydrogen-bond donors (Lipinski definition) is 0. The van der Waals surface area contributed by atoms with E-state index in [0.29, 0.717) is 42.3 Å². The third-order valence-corrected chi connectivity index (χ3v) is 5.18. The summed E-state index contributed by atoms with van der Waals surface area (Å²) in [5.41, 5.74) is 1.83. The molecule has 0 saturated heterocycles. The number of hydrogen-bond acceptors (Lipinski definition) is 5. The molecule has 5 nitrogen and oxygen atoms in total. The molecule has 3 aromatic rings. The highest BCUT2D eigenvalue weighted by Gasteiger charge is 2.16. The van der Waals surface area contributed by atoms with E-state index in [9.17, 15) is 9.59 Å². The first-order valence-electron chi connectivity index (χ1n) is 10.5. The molecule has 3 rings (SSSR count). The molecule has 166 valence electrons. The standard InChI is InChI=1S/C26H25BrO5/c1-2-3-16-30-24-14-11-21(27)18-23(24)26(29)32-22-12-9-20(10-13-22)25(28)31-17-15-19-7-5-4-6-8-19/h4-14,18H,2-3,15-17H2,1H3. The molecule has 0 fully saturated rings. The Morgan fingerprint density at radius 2 is 1.62 bits per heavy atom. The van der Waals surface area contributed by atoms with E-state index in [4.69, 9.17) is 14.2 Å². The van der Waals surface area contributed by atoms with Crippen LogP contribution in [0.15, 0.2) is 77.3 Å². The van der Waals surface area contributed by atoms with Crippen LogP contribution in [0.3, 0.4) is 0 Å². The van der Waals surface area contributed by atoms with Gasteiger partial charge in [0.25, 0.3) is 0 Å². The molecule has 0 atom stereocenters. The first kappa shape index (κ1) is 23.5. The molecule has 32 heavy (non-hydrogen) atoms. The number of ether oxygens (including phenoxy) is 3. The van der Waals surface area contributed by atoms with Crippen molar-refractivity contribution in [3.63, 3.8) is 0 Å². The van der Waals surface area contributed by atoms with Crippen LogP contribution in [0.2, 0.25) is 0 Å². The van der Waals surface area contributed by atoms with Crippen LogP contribution in [-0.2, 0) is 11.2 Å². The number of rotatable bonds is 10. The van der Waals surface area contributed by atoms with E-state index in [0.717, 1.165) is 22.9 Å². The Labute approximate surface area is 196 Å². The molecule has 0 aliphatic rings. The topological polar surface area (TPSA) is 61.8 Å². The summed E-state index contributed by atoms with van der Waals surface area (Å²) in [5.74, 6) is -0.144. The first-order chi connectivity index (χ1) is 15.6. The molecule has 0 amide bonds. The van der Waals surface area contributed by atoms with Crippen molar-refractivity contribution in [1.29, 1.82) is 0 Å². The van der Waals surface area contributed by atoms with Crippen LogP contribution in [-0.4, -0.2) is 25.2 Å². The number of benzene rings is 3. The fraction of sp³-hybridized carbons (Fsp3) is 0.231. The van der Waals surface area contributed by atoms with E-state index in [1.807, 2.05) is 36.4 Å². The van der Waals surface area contributed by atoms with Crippen LogP contribution in [0, 0.1) is 0 Å². The van der Waals surface area contributed by atoms with Crippen LogP contribution in [0.5, 0.6) is 11.5 Å². The van der Waals surface area contributed by atoms with E-state index in [1.54, 1.807) is 36.4 Å². The highest BCUT2D eigenvalue weighted by Crippen LogP contribution is 2.25. The number of halogens is 1. The fourth-order valence-electron chi connectivity index (χ4n) is 2.92. The molecule has 0 N–H and O–H groups in total. The minimum absolute atomic E-state index is 0.295. The van der Waals surface area contributed by atoms with Gasteiger partial charge in [-0.05, 0) is 54.4 Å². The third-order valence-electron chi connectivity index (χ3n) is 4.68. The highest BCUT2D eigenvalue weighted by molar-refractivity contribution is 9.10. The zero-order valence-corrected chi connectivity index (χ0v) is 19.5. The van der Waals surface area contributed by atoms with Gasteiger partial charge < -0.3 is 14.2 Å². The molecule has 0 bridgehead atoms. The van der Waals surface area contributed by atoms with Crippen LogP contribution in [0.25, 0.3) is 0 Å². The van der Waals surface area contributed by atoms with Crippen molar-refractivity contribution in [1.82, 2.24) is 0 Å². The Balaban J connectivity index is 1.57. The van der Waals surface area contributed by atoms with E-state index in [1.165, 1.54) is 0 Å². The summed E-state index contributed by atoms with van der Waals surface area (Å²) in [5, 5.41) is 0. The van der Waals surface area contributed by atoms with Gasteiger partial charge in [-0.2, -0.15) is 0 Å². The zero-order valence-electron chi connectivity index (χ0n) is 17.9. The molecule has 0 aliphatic heterocycles. The minimum atomic E-state index is -0.531. The van der Waals surface area contributed by atoms with Crippen molar-refractivity contribution < 1.29 is 23.8 Å². The van der Waals surface area contributed by atoms with Gasteiger partial charge in [0.15, 0.2) is 0 Å². The molecule has 0 heterocycles. The minimum Gasteiger partial charge on any atom is -0.493 e. The average Bonchev–Trinajstić information content (AvgIpc) is 2.81. The molecule has 0 unspecified atom stereocenters. The predicted octanol–water partition coefficient (Wildman–Crippen LogP) is 6.25. The van der Waals surface area contributed by atoms with Gasteiger partial charge in [0.05, 0.1) is 18.8 Å². The summed E-state index contributed by atoms with van der Waals surface area (Å²) in [6.45, 7) is 2.89. The van der Waals surface area contributed by atoms with Gasteiger partial charge in [-0.25, -0.2) is 9.59 Å². The summed E-state index contributed by atoms with van der Waals surface area (Å²) in [4.78, 5) is 24.9. The third kappa shape index (κ3) is 6.95. The highest BCUT2D eigenvalue weighted by atomic mass is 79.9. The number of unbranched alkanes of at least 4 members (excludes halogenated alkanes) is 1. The Kier molecular flexibility index (Phi) is 8.87. The molecule has 3 aromatic carbocycles. The summed E-state index contributed by atoms with van der Waals surface area (Å²) < 4.78 is 17.3. The maximum atomic E-state index is 12.7. The van der Waals surface area contributed by atoms with Gasteiger partial charge >= 0.3 is 11.9 Å². The van der Waals surface area contributed by atoms with Gasteiger partial charge in [-0.1, -0.05) is 59.6 Å². The zero-order chi connectivity index (χ0) is 22.8. The molecule has 0 radical (unpaired) electrons. The quantitative estimate of drug-likeness (QED) is 0.188. The number of carbonyl (C=O) groups excluding carboxylic acids is 2. The smallest absolute Gasteiger partial charge is 0.347 e. The Morgan fingerprint density at radius 3 is 2.34 bits per heavy atom. The van der Waals surface area contributed by atoms with Crippen LogP contribution in [0.1, 0.15) is 46.0 Å². The normalized spacial score (nSPS) is 10.4. The fourth-order valence-corrected chi connectivity index (χ4v) is 3.29. The predicted molar refractivity (Wildman–Crippen MR) is 126 cm³/mol. The summed E-state index contributed by atoms with van der Waals surface area (Å²) >= 11 is 3.38. The van der Waals surface area contributed by atoms with E-state index in [2.05, 4.69) is 22.9 Å². The van der Waals surface area contributed by atoms with Gasteiger partial charge in [0.1, 0.15) is 17.1 Å². The van der Waals surface area contributed by atoms with Crippen molar-refractivity contribution in [2.24, 2.45) is 0 Å². The summed E-state index contributed by atoms with van der Waals surface area (Å²) in [6.07, 6.45) is 2.54. The van der Waals surface area contributed by atoms with Gasteiger partial charge in [0.2, 0.25) is 0 Å². The molecule has 6 heteroatoms. The second kappa shape index (κ2) is 12.1. The monoisotopic (exact) mass is 496 g/mol. The molecule has 0 aromatic heterocycles. The van der Waals surface area contributed by atoms with Crippen LogP contribution in [0.4, 0.5) is 0 Å². The SMILES string of the molecule is CCCCOc1ccc(Br)cc1C(=O)Oc1ccc(C(=O)OCCc2ccccc2)cc1. The lowest BCUT2D eigenvalue weighted by molar-refractivity contribution is 0.0509. The number of esters is 2. The Bertz CT molecular complexity index is 1030. The molecule has 0 saturated carbocycles. The van der Waals surface area contributed by atoms with Crippen molar-refractivity contribution in [2.75, 3.05) is 13.2 Å². The molecular formula is C26H25BrO5. The van der Waals surface area contributed by atoms with E-state index < -0.39 is 11.9 Å². The maximum Gasteiger partial charge on any atom is 0.347 e. The Morgan fingerprint density at radius 1 is 0.875 bits per heavy atom. The second-order valence-electron chi connectivity index (χ2n) is 7.13. The van der Waals surface area contributed by atoms with Crippen LogP contribution >= 0.6 is 15.9 Å². The molecular weight excluding hydrogens is 472 g/mol. The van der Waals surface area contributed by atoms with Gasteiger partial charge in [0, 0.05) is 10.9 Å². The van der Waals surface area contributed by atoms with Crippen molar-refractivity contribution >= 4 is 27.9 Å². The van der Waals surface area contributed by atoms with E-state index in [-0.39, 0.29) is 0 Å². The van der Waals surface area contributed by atoms with E-state index >= 15 is 0 Å². The van der Waals surface area contributed by atoms with Gasteiger partial charge in [-0.15, -0.1) is 0 Å². The molecule has 0 spiro atoms. The largest absolute Gasteiger partial charge is 0.493 e. The summed E-state index contributed by atoms with van der Waals surface area (Å²) in [7, 11) is 0. The first-order valence-corrected chi connectivity index (χ1v) is 11.3. The Hall–Kier alpha value is -3.12. The molecule has 0 aliphatic carbocycles.